The monoisotopic (exact) mass is 457 g/mol. The van der Waals surface area contributed by atoms with E-state index in [0.717, 1.165) is 20.9 Å². The summed E-state index contributed by atoms with van der Waals surface area (Å²) in [6, 6.07) is 13.9. The normalized spacial score (nSPS) is 11.7. The molecule has 0 bridgehead atoms. The number of halogens is 1. The Morgan fingerprint density at radius 1 is 1.10 bits per heavy atom. The van der Waals surface area contributed by atoms with E-state index in [0.29, 0.717) is 5.69 Å². The third-order valence-corrected chi connectivity index (χ3v) is 4.95. The second-order valence-electron chi connectivity index (χ2n) is 6.45. The number of esters is 1. The number of aromatic nitrogens is 1. The summed E-state index contributed by atoms with van der Waals surface area (Å²) in [5.74, 6) is -1.50. The van der Waals surface area contributed by atoms with E-state index in [-0.39, 0.29) is 12.3 Å². The molecule has 2 aromatic carbocycles. The molecule has 7 nitrogen and oxygen atoms in total. The van der Waals surface area contributed by atoms with Crippen molar-refractivity contribution in [3.8, 4) is 0 Å². The van der Waals surface area contributed by atoms with Crippen molar-refractivity contribution in [1.82, 2.24) is 10.3 Å². The van der Waals surface area contributed by atoms with Crippen LogP contribution in [0, 0.1) is 0 Å². The molecule has 1 atom stereocenters. The average molecular weight is 458 g/mol. The number of H-pyrrole nitrogens is 1. The summed E-state index contributed by atoms with van der Waals surface area (Å²) in [5.41, 5.74) is 2.38. The number of amides is 2. The number of ether oxygens (including phenoxy) is 1. The topological polar surface area (TPSA) is 100 Å². The van der Waals surface area contributed by atoms with Crippen LogP contribution in [0.1, 0.15) is 12.5 Å². The first-order chi connectivity index (χ1) is 13.9. The number of benzene rings is 2. The van der Waals surface area contributed by atoms with Crippen LogP contribution < -0.4 is 10.6 Å². The van der Waals surface area contributed by atoms with Crippen molar-refractivity contribution in [2.75, 3.05) is 11.9 Å². The maximum atomic E-state index is 12.5. The zero-order valence-corrected chi connectivity index (χ0v) is 17.3. The van der Waals surface area contributed by atoms with Crippen LogP contribution in [0.5, 0.6) is 0 Å². The second-order valence-corrected chi connectivity index (χ2v) is 7.31. The molecular formula is C21H20BrN3O4. The van der Waals surface area contributed by atoms with Gasteiger partial charge in [-0.25, -0.2) is 4.79 Å². The van der Waals surface area contributed by atoms with Crippen LogP contribution in [0.2, 0.25) is 0 Å². The van der Waals surface area contributed by atoms with Crippen LogP contribution in [-0.2, 0) is 25.5 Å². The van der Waals surface area contributed by atoms with E-state index in [2.05, 4.69) is 31.5 Å². The highest BCUT2D eigenvalue weighted by Gasteiger charge is 2.23. The minimum absolute atomic E-state index is 0.244. The first-order valence-electron chi connectivity index (χ1n) is 8.97. The Morgan fingerprint density at radius 3 is 2.59 bits per heavy atom. The largest absolute Gasteiger partial charge is 0.454 e. The fourth-order valence-corrected chi connectivity index (χ4v) is 3.33. The molecule has 1 heterocycles. The Balaban J connectivity index is 1.64. The average Bonchev–Trinajstić information content (AvgIpc) is 3.10. The lowest BCUT2D eigenvalue weighted by Crippen LogP contribution is -2.43. The van der Waals surface area contributed by atoms with E-state index in [9.17, 15) is 14.4 Å². The lowest BCUT2D eigenvalue weighted by atomic mass is 10.0. The molecule has 3 N–H and O–H groups in total. The van der Waals surface area contributed by atoms with Crippen LogP contribution in [0.4, 0.5) is 5.69 Å². The molecule has 0 aliphatic rings. The van der Waals surface area contributed by atoms with Crippen molar-refractivity contribution in [2.24, 2.45) is 0 Å². The second kappa shape index (κ2) is 9.38. The lowest BCUT2D eigenvalue weighted by molar-refractivity contribution is -0.150. The summed E-state index contributed by atoms with van der Waals surface area (Å²) in [6.45, 7) is 0.874. The van der Waals surface area contributed by atoms with Crippen molar-refractivity contribution in [1.29, 1.82) is 0 Å². The predicted octanol–water partition coefficient (Wildman–Crippen LogP) is 3.16. The molecule has 8 heteroatoms. The van der Waals surface area contributed by atoms with Crippen molar-refractivity contribution >= 4 is 50.3 Å². The molecule has 29 heavy (non-hydrogen) atoms. The third-order valence-electron chi connectivity index (χ3n) is 4.25. The van der Waals surface area contributed by atoms with E-state index in [1.54, 1.807) is 24.4 Å². The third kappa shape index (κ3) is 5.45. The number of carbonyl (C=O) groups excluding carboxylic acids is 3. The SMILES string of the molecule is CC(=O)N[C@@H](Cc1c[nH]c2ccccc12)C(=O)OCC(=O)Nc1ccccc1Br. The van der Waals surface area contributed by atoms with Crippen LogP contribution in [0.25, 0.3) is 10.9 Å². The van der Waals surface area contributed by atoms with Crippen molar-refractivity contribution < 1.29 is 19.1 Å². The number of fused-ring (bicyclic) bond motifs is 1. The zero-order chi connectivity index (χ0) is 20.8. The van der Waals surface area contributed by atoms with Crippen molar-refractivity contribution in [3.05, 3.63) is 64.8 Å². The quantitative estimate of drug-likeness (QED) is 0.474. The number of carbonyl (C=O) groups is 3. The molecule has 0 saturated heterocycles. The Hall–Kier alpha value is -3.13. The summed E-state index contributed by atoms with van der Waals surface area (Å²) in [4.78, 5) is 39.3. The summed E-state index contributed by atoms with van der Waals surface area (Å²) >= 11 is 3.34. The Morgan fingerprint density at radius 2 is 1.83 bits per heavy atom. The van der Waals surface area contributed by atoms with Crippen LogP contribution in [-0.4, -0.2) is 35.4 Å². The zero-order valence-electron chi connectivity index (χ0n) is 15.7. The summed E-state index contributed by atoms with van der Waals surface area (Å²) in [6.07, 6.45) is 2.04. The lowest BCUT2D eigenvalue weighted by Gasteiger charge is -2.16. The molecule has 1 aromatic heterocycles. The number of para-hydroxylation sites is 2. The number of hydrogen-bond acceptors (Lipinski definition) is 4. The molecule has 0 fully saturated rings. The summed E-state index contributed by atoms with van der Waals surface area (Å²) < 4.78 is 5.87. The Kier molecular flexibility index (Phi) is 6.66. The van der Waals surface area contributed by atoms with E-state index >= 15 is 0 Å². The Bertz CT molecular complexity index is 1050. The smallest absolute Gasteiger partial charge is 0.329 e. The maximum Gasteiger partial charge on any atom is 0.329 e. The van der Waals surface area contributed by atoms with Gasteiger partial charge in [0.2, 0.25) is 5.91 Å². The van der Waals surface area contributed by atoms with Gasteiger partial charge in [-0.2, -0.15) is 0 Å². The van der Waals surface area contributed by atoms with Gasteiger partial charge in [-0.1, -0.05) is 30.3 Å². The fourth-order valence-electron chi connectivity index (χ4n) is 2.95. The predicted molar refractivity (Wildman–Crippen MR) is 113 cm³/mol. The van der Waals surface area contributed by atoms with Gasteiger partial charge < -0.3 is 20.4 Å². The highest BCUT2D eigenvalue weighted by atomic mass is 79.9. The van der Waals surface area contributed by atoms with Crippen LogP contribution in [0.15, 0.2) is 59.2 Å². The number of anilines is 1. The molecule has 0 spiro atoms. The van der Waals surface area contributed by atoms with E-state index < -0.39 is 24.5 Å². The van der Waals surface area contributed by atoms with Gasteiger partial charge in [0.05, 0.1) is 5.69 Å². The Labute approximate surface area is 175 Å². The van der Waals surface area contributed by atoms with Crippen LogP contribution in [0.3, 0.4) is 0 Å². The summed E-state index contributed by atoms with van der Waals surface area (Å²) in [5, 5.41) is 6.22. The fraction of sp³-hybridized carbons (Fsp3) is 0.190. The molecular weight excluding hydrogens is 438 g/mol. The first-order valence-corrected chi connectivity index (χ1v) is 9.76. The number of hydrogen-bond donors (Lipinski definition) is 3. The van der Waals surface area contributed by atoms with Gasteiger partial charge in [-0.05, 0) is 39.7 Å². The van der Waals surface area contributed by atoms with Gasteiger partial charge in [0.25, 0.3) is 5.91 Å². The molecule has 0 saturated carbocycles. The molecule has 3 rings (SSSR count). The highest BCUT2D eigenvalue weighted by Crippen LogP contribution is 2.21. The first kappa shape index (κ1) is 20.6. The maximum absolute atomic E-state index is 12.5. The minimum Gasteiger partial charge on any atom is -0.454 e. The van der Waals surface area contributed by atoms with Gasteiger partial charge >= 0.3 is 5.97 Å². The number of rotatable bonds is 7. The summed E-state index contributed by atoms with van der Waals surface area (Å²) in [7, 11) is 0. The van der Waals surface area contributed by atoms with Crippen LogP contribution >= 0.6 is 15.9 Å². The molecule has 150 valence electrons. The van der Waals surface area contributed by atoms with Crippen molar-refractivity contribution in [2.45, 2.75) is 19.4 Å². The molecule has 2 amide bonds. The van der Waals surface area contributed by atoms with Gasteiger partial charge in [0.15, 0.2) is 6.61 Å². The van der Waals surface area contributed by atoms with Gasteiger partial charge in [-0.15, -0.1) is 0 Å². The standard InChI is InChI=1S/C21H20BrN3O4/c1-13(26)24-19(10-14-11-23-17-8-4-2-6-15(14)17)21(28)29-12-20(27)25-18-9-5-3-7-16(18)22/h2-9,11,19,23H,10,12H2,1H3,(H,24,26)(H,25,27)/t19-/m0/s1. The number of nitrogens with one attached hydrogen (secondary N) is 3. The minimum atomic E-state index is -0.900. The molecule has 0 aliphatic heterocycles. The van der Waals surface area contributed by atoms with E-state index in [1.807, 2.05) is 30.3 Å². The molecule has 3 aromatic rings. The van der Waals surface area contributed by atoms with E-state index in [1.165, 1.54) is 6.92 Å². The van der Waals surface area contributed by atoms with Gasteiger partial charge in [0.1, 0.15) is 6.04 Å². The molecule has 0 unspecified atom stereocenters. The number of aromatic amines is 1. The molecule has 0 aliphatic carbocycles. The highest BCUT2D eigenvalue weighted by molar-refractivity contribution is 9.10. The van der Waals surface area contributed by atoms with E-state index in [4.69, 9.17) is 4.74 Å². The van der Waals surface area contributed by atoms with Gasteiger partial charge in [0, 0.05) is 34.9 Å². The van der Waals surface area contributed by atoms with Gasteiger partial charge in [-0.3, -0.25) is 9.59 Å². The van der Waals surface area contributed by atoms with Crippen molar-refractivity contribution in [3.63, 3.8) is 0 Å². The molecule has 0 radical (unpaired) electrons.